The Morgan fingerprint density at radius 2 is 1.79 bits per heavy atom. The van der Waals surface area contributed by atoms with E-state index in [9.17, 15) is 22.5 Å². The summed E-state index contributed by atoms with van der Waals surface area (Å²) < 4.78 is 55.2. The third kappa shape index (κ3) is 9.09. The van der Waals surface area contributed by atoms with E-state index in [1.165, 1.54) is 0 Å². The average molecular weight is 620 g/mol. The highest BCUT2D eigenvalue weighted by atomic mass is 32.2. The Morgan fingerprint density at radius 3 is 2.33 bits per heavy atom. The summed E-state index contributed by atoms with van der Waals surface area (Å²) in [5.41, 5.74) is 0.838. The summed E-state index contributed by atoms with van der Waals surface area (Å²) in [7, 11) is -1.12. The molecule has 0 bridgehead atoms. The molecule has 4 heterocycles. The fourth-order valence-electron chi connectivity index (χ4n) is 4.07. The van der Waals surface area contributed by atoms with Crippen LogP contribution in [0, 0.1) is 5.92 Å². The second-order valence-electron chi connectivity index (χ2n) is 9.68. The maximum atomic E-state index is 12.6. The van der Waals surface area contributed by atoms with Crippen LogP contribution in [-0.4, -0.2) is 111 Å². The molecule has 234 valence electrons. The van der Waals surface area contributed by atoms with Gasteiger partial charge in [0.25, 0.3) is 0 Å². The fraction of sp³-hybridized carbons (Fsp3) is 0.640. The quantitative estimate of drug-likeness (QED) is 0.312. The van der Waals surface area contributed by atoms with Gasteiger partial charge in [0.2, 0.25) is 11.8 Å². The summed E-state index contributed by atoms with van der Waals surface area (Å²) in [6, 6.07) is 3.58. The number of aryl methyl sites for hydroxylation is 1. The molecule has 17 heteroatoms. The van der Waals surface area contributed by atoms with Crippen LogP contribution in [0.2, 0.25) is 0 Å². The number of aliphatic hydroxyl groups is 1. The third-order valence-electron chi connectivity index (χ3n) is 6.44. The predicted molar refractivity (Wildman–Crippen MR) is 148 cm³/mol. The van der Waals surface area contributed by atoms with Gasteiger partial charge in [-0.15, -0.1) is 10.2 Å². The normalized spacial score (nSPS) is 17.4. The Labute approximate surface area is 243 Å². The Morgan fingerprint density at radius 1 is 1.12 bits per heavy atom. The molecule has 0 amide bonds. The highest BCUT2D eigenvalue weighted by Crippen LogP contribution is 2.31. The van der Waals surface area contributed by atoms with Gasteiger partial charge < -0.3 is 34.8 Å². The van der Waals surface area contributed by atoms with Gasteiger partial charge in [-0.2, -0.15) is 18.2 Å². The number of hydrogen-bond acceptors (Lipinski definition) is 12. The second kappa shape index (κ2) is 15.2. The Hall–Kier alpha value is -3.31. The number of nitrogens with one attached hydrogen (secondary N) is 1. The first-order chi connectivity index (χ1) is 19.9. The van der Waals surface area contributed by atoms with Crippen molar-refractivity contribution in [1.82, 2.24) is 20.2 Å². The van der Waals surface area contributed by atoms with Gasteiger partial charge in [-0.1, -0.05) is 13.8 Å². The van der Waals surface area contributed by atoms with Crippen LogP contribution in [-0.2, 0) is 26.8 Å². The summed E-state index contributed by atoms with van der Waals surface area (Å²) in [5.74, 6) is 0.514. The molecule has 4 rings (SSSR count). The molecule has 0 radical (unpaired) electrons. The Balaban J connectivity index is 0.000000616. The second-order valence-corrected chi connectivity index (χ2v) is 11.2. The molecule has 1 saturated heterocycles. The van der Waals surface area contributed by atoms with E-state index in [1.54, 1.807) is 0 Å². The molecule has 2 atom stereocenters. The predicted octanol–water partition coefficient (Wildman–Crippen LogP) is 1.73. The number of halogens is 3. The monoisotopic (exact) mass is 619 g/mol. The molecule has 2 aliphatic heterocycles. The van der Waals surface area contributed by atoms with Crippen molar-refractivity contribution in [3.63, 3.8) is 0 Å². The van der Waals surface area contributed by atoms with Gasteiger partial charge in [-0.25, -0.2) is 9.78 Å². The molecule has 1 fully saturated rings. The third-order valence-corrected chi connectivity index (χ3v) is 7.90. The lowest BCUT2D eigenvalue weighted by Crippen LogP contribution is -2.47. The molecule has 0 saturated carbocycles. The minimum absolute atomic E-state index is 0.0194. The minimum atomic E-state index is -5.08. The van der Waals surface area contributed by atoms with E-state index < -0.39 is 22.9 Å². The molecule has 1 unspecified atom stereocenters. The van der Waals surface area contributed by atoms with Crippen LogP contribution in [0.4, 0.5) is 30.8 Å². The van der Waals surface area contributed by atoms with Crippen molar-refractivity contribution in [2.24, 2.45) is 5.92 Å². The molecule has 2 aromatic rings. The number of carbonyl (C=O) groups is 1. The van der Waals surface area contributed by atoms with Crippen molar-refractivity contribution >= 4 is 34.4 Å². The lowest BCUT2D eigenvalue weighted by Gasteiger charge is -2.35. The van der Waals surface area contributed by atoms with Crippen molar-refractivity contribution in [2.75, 3.05) is 73.5 Å². The summed E-state index contributed by atoms with van der Waals surface area (Å²) in [5, 5.41) is 28.7. The molecule has 0 aromatic carbocycles. The van der Waals surface area contributed by atoms with Gasteiger partial charge in [0.1, 0.15) is 17.3 Å². The topological polar surface area (TPSA) is 163 Å². The van der Waals surface area contributed by atoms with Gasteiger partial charge >= 0.3 is 12.1 Å². The van der Waals surface area contributed by atoms with Crippen LogP contribution < -0.4 is 19.9 Å². The van der Waals surface area contributed by atoms with Gasteiger partial charge in [-0.05, 0) is 18.9 Å². The number of carboxylic acid groups (broad SMARTS) is 1. The van der Waals surface area contributed by atoms with E-state index >= 15 is 0 Å². The van der Waals surface area contributed by atoms with Crippen molar-refractivity contribution < 1.29 is 41.9 Å². The molecular formula is C25H36F3N7O6S. The molecule has 13 nitrogen and oxygen atoms in total. The van der Waals surface area contributed by atoms with E-state index in [-0.39, 0.29) is 18.6 Å². The molecule has 42 heavy (non-hydrogen) atoms. The largest absolute Gasteiger partial charge is 0.490 e. The number of alkyl halides is 3. The summed E-state index contributed by atoms with van der Waals surface area (Å²) in [4.78, 5) is 23.4. The van der Waals surface area contributed by atoms with Gasteiger partial charge in [0.15, 0.2) is 5.82 Å². The molecule has 0 spiro atoms. The number of aromatic nitrogens is 4. The zero-order chi connectivity index (χ0) is 30.9. The number of aliphatic hydroxyl groups excluding tert-OH is 1. The number of rotatable bonds is 11. The van der Waals surface area contributed by atoms with Crippen LogP contribution in [0.5, 0.6) is 5.88 Å². The van der Waals surface area contributed by atoms with E-state index in [0.29, 0.717) is 54.5 Å². The zero-order valence-electron chi connectivity index (χ0n) is 23.6. The smallest absolute Gasteiger partial charge is 0.475 e. The van der Waals surface area contributed by atoms with Crippen LogP contribution in [0.15, 0.2) is 17.0 Å². The van der Waals surface area contributed by atoms with Gasteiger partial charge in [0, 0.05) is 51.0 Å². The van der Waals surface area contributed by atoms with Crippen LogP contribution in [0.1, 0.15) is 26.5 Å². The van der Waals surface area contributed by atoms with Crippen LogP contribution >= 0.6 is 0 Å². The molecular weight excluding hydrogens is 583 g/mol. The SMILES string of the molecule is CCOCCOc1ccc(N2CCN(c3nc4c(c(N[C@@H](CO)C(C)C)n3)S(=O)CC4)CC2)nn1.O=C(O)C(F)(F)F. The number of hydrogen-bond donors (Lipinski definition) is 3. The average Bonchev–Trinajstić information content (AvgIpc) is 3.34. The maximum Gasteiger partial charge on any atom is 0.490 e. The zero-order valence-corrected chi connectivity index (χ0v) is 24.4. The minimum Gasteiger partial charge on any atom is -0.475 e. The van der Waals surface area contributed by atoms with Gasteiger partial charge in [-0.3, -0.25) is 4.21 Å². The van der Waals surface area contributed by atoms with E-state index in [1.807, 2.05) is 32.9 Å². The van der Waals surface area contributed by atoms with E-state index in [4.69, 9.17) is 29.3 Å². The highest BCUT2D eigenvalue weighted by molar-refractivity contribution is 7.85. The van der Waals surface area contributed by atoms with Crippen molar-refractivity contribution in [3.05, 3.63) is 17.8 Å². The summed E-state index contributed by atoms with van der Waals surface area (Å²) in [6.07, 6.45) is -4.41. The van der Waals surface area contributed by atoms with Crippen molar-refractivity contribution in [3.8, 4) is 5.88 Å². The highest BCUT2D eigenvalue weighted by Gasteiger charge is 2.38. The number of anilines is 3. The number of fused-ring (bicyclic) bond motifs is 1. The Kier molecular flexibility index (Phi) is 12.0. The fourth-order valence-corrected chi connectivity index (χ4v) is 5.38. The first-order valence-corrected chi connectivity index (χ1v) is 14.8. The van der Waals surface area contributed by atoms with Crippen molar-refractivity contribution in [1.29, 1.82) is 0 Å². The number of carboxylic acids is 1. The van der Waals surface area contributed by atoms with Gasteiger partial charge in [0.05, 0.1) is 35.7 Å². The molecule has 3 N–H and O–H groups in total. The lowest BCUT2D eigenvalue weighted by atomic mass is 10.1. The molecule has 2 aliphatic rings. The molecule has 2 aromatic heterocycles. The van der Waals surface area contributed by atoms with Crippen LogP contribution in [0.3, 0.4) is 0 Å². The van der Waals surface area contributed by atoms with E-state index in [2.05, 4.69) is 25.3 Å². The van der Waals surface area contributed by atoms with Crippen LogP contribution in [0.25, 0.3) is 0 Å². The first-order valence-electron chi connectivity index (χ1n) is 13.5. The molecule has 0 aliphatic carbocycles. The Bertz CT molecular complexity index is 1200. The lowest BCUT2D eigenvalue weighted by molar-refractivity contribution is -0.192. The first kappa shape index (κ1) is 33.2. The standard InChI is InChI=1S/C23H35N7O4S.C2HF3O2/c1-4-33-12-13-34-20-6-5-19(27-28-20)29-8-10-30(11-9-29)23-25-17-7-14-35(32)21(17)22(26-23)24-18(15-31)16(2)3;3-2(4,5)1(6)7/h5-6,16,18,31H,4,7-15H2,1-3H3,(H,24,25,26);(H,6,7)/t18-,35?;/m0./s1. The number of piperazine rings is 1. The number of nitrogens with zero attached hydrogens (tertiary/aromatic N) is 6. The maximum absolute atomic E-state index is 12.6. The van der Waals surface area contributed by atoms with E-state index in [0.717, 1.165) is 37.7 Å². The van der Waals surface area contributed by atoms with Crippen molar-refractivity contribution in [2.45, 2.75) is 44.3 Å². The number of aliphatic carboxylic acids is 1. The summed E-state index contributed by atoms with van der Waals surface area (Å²) >= 11 is 0. The summed E-state index contributed by atoms with van der Waals surface area (Å²) in [6.45, 7) is 10.6. The number of ether oxygens (including phenoxy) is 2.